The van der Waals surface area contributed by atoms with Crippen molar-refractivity contribution in [2.75, 3.05) is 31.1 Å². The number of benzene rings is 1. The number of piperazine rings is 1. The predicted molar refractivity (Wildman–Crippen MR) is 115 cm³/mol. The molecule has 1 aromatic carbocycles. The molecule has 29 heavy (non-hydrogen) atoms. The van der Waals surface area contributed by atoms with Gasteiger partial charge in [0.2, 0.25) is 0 Å². The first-order valence-corrected chi connectivity index (χ1v) is 10.7. The van der Waals surface area contributed by atoms with E-state index in [-0.39, 0.29) is 23.8 Å². The lowest BCUT2D eigenvalue weighted by Crippen LogP contribution is -2.53. The summed E-state index contributed by atoms with van der Waals surface area (Å²) in [5.74, 6) is 0.297. The molecule has 1 saturated heterocycles. The smallest absolute Gasteiger partial charge is 0.346 e. The zero-order valence-corrected chi connectivity index (χ0v) is 17.3. The highest BCUT2D eigenvalue weighted by atomic mass is 16.3. The molecule has 7 heteroatoms. The lowest BCUT2D eigenvalue weighted by molar-refractivity contribution is 0.156. The van der Waals surface area contributed by atoms with Gasteiger partial charge in [-0.15, -0.1) is 0 Å². The third-order valence-electron chi connectivity index (χ3n) is 6.39. The van der Waals surface area contributed by atoms with E-state index in [0.717, 1.165) is 51.1 Å². The second-order valence-electron chi connectivity index (χ2n) is 8.13. The van der Waals surface area contributed by atoms with E-state index in [2.05, 4.69) is 34.0 Å². The van der Waals surface area contributed by atoms with Gasteiger partial charge in [0.15, 0.2) is 0 Å². The second kappa shape index (κ2) is 8.45. The highest BCUT2D eigenvalue weighted by molar-refractivity contribution is 5.49. The Morgan fingerprint density at radius 3 is 2.59 bits per heavy atom. The van der Waals surface area contributed by atoms with Gasteiger partial charge in [0.25, 0.3) is 0 Å². The summed E-state index contributed by atoms with van der Waals surface area (Å²) in [6.45, 7) is 7.88. The molecule has 0 saturated carbocycles. The zero-order chi connectivity index (χ0) is 20.4. The monoisotopic (exact) mass is 397 g/mol. The van der Waals surface area contributed by atoms with Crippen LogP contribution in [-0.2, 0) is 0 Å². The maximum absolute atomic E-state index is 13.0. The van der Waals surface area contributed by atoms with E-state index < -0.39 is 0 Å². The third kappa shape index (κ3) is 3.96. The predicted octanol–water partition coefficient (Wildman–Crippen LogP) is 2.80. The molecule has 1 aromatic heterocycles. The fourth-order valence-corrected chi connectivity index (χ4v) is 4.44. The summed E-state index contributed by atoms with van der Waals surface area (Å²) in [4.78, 5) is 17.8. The summed E-state index contributed by atoms with van der Waals surface area (Å²) in [7, 11) is 0. The Morgan fingerprint density at radius 2 is 1.90 bits per heavy atom. The van der Waals surface area contributed by atoms with E-state index in [0.29, 0.717) is 5.75 Å². The Kier molecular flexibility index (Phi) is 5.76. The van der Waals surface area contributed by atoms with Crippen LogP contribution in [0.1, 0.15) is 45.2 Å². The van der Waals surface area contributed by atoms with Gasteiger partial charge in [0.1, 0.15) is 12.1 Å². The van der Waals surface area contributed by atoms with Crippen LogP contribution in [0.4, 0.5) is 5.69 Å². The fraction of sp³-hybridized carbons (Fsp3) is 0.545. The van der Waals surface area contributed by atoms with Gasteiger partial charge >= 0.3 is 5.69 Å². The molecule has 0 spiro atoms. The molecule has 0 radical (unpaired) electrons. The van der Waals surface area contributed by atoms with E-state index in [9.17, 15) is 9.90 Å². The molecule has 2 aliphatic rings. The molecule has 0 unspecified atom stereocenters. The van der Waals surface area contributed by atoms with Crippen LogP contribution in [0.2, 0.25) is 0 Å². The van der Waals surface area contributed by atoms with Crippen molar-refractivity contribution in [1.82, 2.24) is 19.2 Å². The molecule has 0 amide bonds. The first-order chi connectivity index (χ1) is 14.1. The molecule has 1 fully saturated rings. The second-order valence-corrected chi connectivity index (χ2v) is 8.13. The van der Waals surface area contributed by atoms with E-state index >= 15 is 0 Å². The molecule has 156 valence electrons. The number of phenols is 1. The average molecular weight is 398 g/mol. The number of nitrogens with zero attached hydrogens (tertiary/aromatic N) is 5. The minimum absolute atomic E-state index is 0.00683. The number of phenolic OH excluding ortho intramolecular Hbond substituents is 1. The highest BCUT2D eigenvalue weighted by Crippen LogP contribution is 2.29. The summed E-state index contributed by atoms with van der Waals surface area (Å²) in [5.41, 5.74) is 1.15. The molecule has 7 nitrogen and oxygen atoms in total. The molecule has 1 aliphatic carbocycles. The first-order valence-electron chi connectivity index (χ1n) is 10.7. The van der Waals surface area contributed by atoms with Gasteiger partial charge in [-0.05, 0) is 50.5 Å². The van der Waals surface area contributed by atoms with Gasteiger partial charge in [-0.2, -0.15) is 5.10 Å². The van der Waals surface area contributed by atoms with Crippen LogP contribution in [-0.4, -0.2) is 56.6 Å². The summed E-state index contributed by atoms with van der Waals surface area (Å²) < 4.78 is 3.48. The minimum atomic E-state index is 0.00683. The summed E-state index contributed by atoms with van der Waals surface area (Å²) in [5, 5.41) is 13.9. The van der Waals surface area contributed by atoms with Crippen LogP contribution in [0.5, 0.6) is 5.75 Å². The van der Waals surface area contributed by atoms with E-state index in [1.54, 1.807) is 23.1 Å². The van der Waals surface area contributed by atoms with Crippen LogP contribution in [0, 0.1) is 0 Å². The highest BCUT2D eigenvalue weighted by Gasteiger charge is 2.32. The standard InChI is InChI=1S/C22H31N5O2/c1-3-17(2)27-22(29)26(16-23-27)21-7-5-4-6-20(21)25-14-12-24(13-15-25)18-8-10-19(28)11-9-18/h4,6,8-11,16-17,20-21,28H,3,5,7,12-15H2,1-2H3/t17-,20-,21+/m0/s1. The number of hydrogen-bond donors (Lipinski definition) is 1. The maximum atomic E-state index is 13.0. The van der Waals surface area contributed by atoms with Crippen molar-refractivity contribution in [3.63, 3.8) is 0 Å². The Hall–Kier alpha value is -2.54. The summed E-state index contributed by atoms with van der Waals surface area (Å²) in [6, 6.07) is 7.89. The van der Waals surface area contributed by atoms with Crippen molar-refractivity contribution < 1.29 is 5.11 Å². The van der Waals surface area contributed by atoms with E-state index in [1.165, 1.54) is 0 Å². The van der Waals surface area contributed by atoms with E-state index in [1.807, 2.05) is 23.6 Å². The number of anilines is 1. The van der Waals surface area contributed by atoms with Crippen LogP contribution >= 0.6 is 0 Å². The van der Waals surface area contributed by atoms with Crippen molar-refractivity contribution in [2.24, 2.45) is 0 Å². The Morgan fingerprint density at radius 1 is 1.17 bits per heavy atom. The van der Waals surface area contributed by atoms with Crippen molar-refractivity contribution in [3.05, 3.63) is 53.2 Å². The lowest BCUT2D eigenvalue weighted by Gasteiger charge is -2.43. The van der Waals surface area contributed by atoms with Gasteiger partial charge < -0.3 is 10.0 Å². The fourth-order valence-electron chi connectivity index (χ4n) is 4.44. The maximum Gasteiger partial charge on any atom is 0.346 e. The summed E-state index contributed by atoms with van der Waals surface area (Å²) >= 11 is 0. The third-order valence-corrected chi connectivity index (χ3v) is 6.39. The van der Waals surface area contributed by atoms with Crippen molar-refractivity contribution in [2.45, 2.75) is 51.2 Å². The van der Waals surface area contributed by atoms with Crippen molar-refractivity contribution >= 4 is 5.69 Å². The largest absolute Gasteiger partial charge is 0.508 e. The molecule has 3 atom stereocenters. The summed E-state index contributed by atoms with van der Waals surface area (Å²) in [6.07, 6.45) is 9.11. The number of aromatic hydroxyl groups is 1. The topological polar surface area (TPSA) is 66.5 Å². The SMILES string of the molecule is CC[C@H](C)n1ncn([C@@H]2CCC=C[C@@H]2N2CCN(c3ccc(O)cc3)CC2)c1=O. The normalized spacial score (nSPS) is 24.0. The molecular weight excluding hydrogens is 366 g/mol. The van der Waals surface area contributed by atoms with Gasteiger partial charge in [0.05, 0.1) is 12.1 Å². The lowest BCUT2D eigenvalue weighted by atomic mass is 9.94. The molecule has 0 bridgehead atoms. The van der Waals surface area contributed by atoms with Crippen molar-refractivity contribution in [3.8, 4) is 5.75 Å². The number of hydrogen-bond acceptors (Lipinski definition) is 5. The van der Waals surface area contributed by atoms with Gasteiger partial charge in [-0.25, -0.2) is 9.48 Å². The minimum Gasteiger partial charge on any atom is -0.508 e. The van der Waals surface area contributed by atoms with Gasteiger partial charge in [-0.1, -0.05) is 19.1 Å². The first kappa shape index (κ1) is 19.8. The van der Waals surface area contributed by atoms with Crippen molar-refractivity contribution in [1.29, 1.82) is 0 Å². The number of rotatable bonds is 5. The molecule has 1 N–H and O–H groups in total. The quantitative estimate of drug-likeness (QED) is 0.786. The van der Waals surface area contributed by atoms with Crippen LogP contribution in [0.15, 0.2) is 47.5 Å². The van der Waals surface area contributed by atoms with Crippen LogP contribution in [0.3, 0.4) is 0 Å². The van der Waals surface area contributed by atoms with Crippen LogP contribution in [0.25, 0.3) is 0 Å². The Labute approximate surface area is 171 Å². The Balaban J connectivity index is 1.48. The molecule has 4 rings (SSSR count). The molecule has 2 aromatic rings. The average Bonchev–Trinajstić information content (AvgIpc) is 3.15. The number of aromatic nitrogens is 3. The van der Waals surface area contributed by atoms with Crippen LogP contribution < -0.4 is 10.6 Å². The Bertz CT molecular complexity index is 893. The number of allylic oxidation sites excluding steroid dienone is 1. The van der Waals surface area contributed by atoms with E-state index in [4.69, 9.17) is 0 Å². The zero-order valence-electron chi connectivity index (χ0n) is 17.3. The molecule has 1 aliphatic heterocycles. The molecular formula is C22H31N5O2. The molecule has 2 heterocycles. The van der Waals surface area contributed by atoms with Gasteiger partial charge in [-0.3, -0.25) is 9.47 Å². The van der Waals surface area contributed by atoms with Gasteiger partial charge in [0, 0.05) is 37.9 Å².